The Morgan fingerprint density at radius 1 is 1.29 bits per heavy atom. The lowest BCUT2D eigenvalue weighted by atomic mass is 9.92. The number of hydrogen-bond donors (Lipinski definition) is 2. The van der Waals surface area contributed by atoms with Crippen molar-refractivity contribution in [2.75, 3.05) is 6.54 Å². The van der Waals surface area contributed by atoms with Gasteiger partial charge in [0.1, 0.15) is 0 Å². The molecule has 0 spiro atoms. The zero-order chi connectivity index (χ0) is 15.3. The van der Waals surface area contributed by atoms with Gasteiger partial charge in [-0.2, -0.15) is 4.98 Å². The molecule has 6 heteroatoms. The molecule has 0 radical (unpaired) electrons. The van der Waals surface area contributed by atoms with Gasteiger partial charge >= 0.3 is 0 Å². The van der Waals surface area contributed by atoms with Crippen molar-refractivity contribution in [2.45, 2.75) is 32.2 Å². The van der Waals surface area contributed by atoms with E-state index in [1.165, 1.54) is 6.39 Å². The Hall–Kier alpha value is -2.21. The highest BCUT2D eigenvalue weighted by molar-refractivity contribution is 5.95. The van der Waals surface area contributed by atoms with Crippen molar-refractivity contribution in [1.29, 1.82) is 0 Å². The molecule has 0 aliphatic rings. The minimum atomic E-state index is -0.344. The molecule has 0 aliphatic carbocycles. The largest absolute Gasteiger partial charge is 0.345 e. The third-order valence-electron chi connectivity index (χ3n) is 3.89. The van der Waals surface area contributed by atoms with Gasteiger partial charge in [-0.15, -0.1) is 0 Å². The van der Waals surface area contributed by atoms with E-state index < -0.39 is 0 Å². The van der Waals surface area contributed by atoms with Crippen LogP contribution in [0.3, 0.4) is 0 Å². The summed E-state index contributed by atoms with van der Waals surface area (Å²) in [6.07, 6.45) is 2.87. The summed E-state index contributed by atoms with van der Waals surface area (Å²) in [5.41, 5.74) is 6.85. The van der Waals surface area contributed by atoms with Crippen LogP contribution in [0.5, 0.6) is 0 Å². The van der Waals surface area contributed by atoms with Gasteiger partial charge in [-0.05, 0) is 25.0 Å². The van der Waals surface area contributed by atoms with Crippen LogP contribution < -0.4 is 11.1 Å². The molecule has 2 aromatic rings. The summed E-state index contributed by atoms with van der Waals surface area (Å²) < 4.78 is 4.70. The molecule has 0 fully saturated rings. The van der Waals surface area contributed by atoms with E-state index in [0.717, 1.165) is 18.4 Å². The number of hydrogen-bond acceptors (Lipinski definition) is 5. The smallest absolute Gasteiger partial charge is 0.251 e. The van der Waals surface area contributed by atoms with E-state index in [1.54, 1.807) is 24.3 Å². The minimum Gasteiger partial charge on any atom is -0.345 e. The van der Waals surface area contributed by atoms with Crippen molar-refractivity contribution in [1.82, 2.24) is 15.5 Å². The highest BCUT2D eigenvalue weighted by Gasteiger charge is 2.26. The first-order valence-electron chi connectivity index (χ1n) is 7.03. The number of nitrogens with two attached hydrogens (primary N) is 1. The molecule has 1 aromatic carbocycles. The summed E-state index contributed by atoms with van der Waals surface area (Å²) in [5, 5.41) is 6.79. The summed E-state index contributed by atoms with van der Waals surface area (Å²) in [4.78, 5) is 16.3. The highest BCUT2D eigenvalue weighted by atomic mass is 16.5. The minimum absolute atomic E-state index is 0.121. The average molecular weight is 288 g/mol. The molecule has 0 unspecified atom stereocenters. The van der Waals surface area contributed by atoms with Crippen molar-refractivity contribution in [3.63, 3.8) is 0 Å². The summed E-state index contributed by atoms with van der Waals surface area (Å²) in [6.45, 7) is 4.47. The number of benzene rings is 1. The Morgan fingerprint density at radius 2 is 1.95 bits per heavy atom. The van der Waals surface area contributed by atoms with Crippen LogP contribution in [0.4, 0.5) is 0 Å². The van der Waals surface area contributed by atoms with Gasteiger partial charge in [0.15, 0.2) is 0 Å². The number of nitrogens with one attached hydrogen (secondary N) is 1. The fraction of sp³-hybridized carbons (Fsp3) is 0.400. The van der Waals surface area contributed by atoms with Crippen LogP contribution in [-0.4, -0.2) is 28.1 Å². The van der Waals surface area contributed by atoms with Gasteiger partial charge in [-0.25, -0.2) is 0 Å². The maximum atomic E-state index is 12.3. The Balaban J connectivity index is 2.13. The van der Waals surface area contributed by atoms with E-state index in [2.05, 4.69) is 15.5 Å². The molecule has 0 atom stereocenters. The van der Waals surface area contributed by atoms with Crippen LogP contribution in [-0.2, 0) is 0 Å². The second-order valence-corrected chi connectivity index (χ2v) is 4.98. The van der Waals surface area contributed by atoms with Crippen LogP contribution in [0.15, 0.2) is 35.2 Å². The zero-order valence-electron chi connectivity index (χ0n) is 12.3. The van der Waals surface area contributed by atoms with E-state index >= 15 is 0 Å². The normalized spacial score (nSPS) is 11.4. The highest BCUT2D eigenvalue weighted by Crippen LogP contribution is 2.17. The van der Waals surface area contributed by atoms with Crippen molar-refractivity contribution < 1.29 is 9.32 Å². The number of rotatable bonds is 6. The molecule has 112 valence electrons. The molecule has 0 aliphatic heterocycles. The van der Waals surface area contributed by atoms with E-state index in [4.69, 9.17) is 10.3 Å². The Labute approximate surface area is 123 Å². The first-order valence-corrected chi connectivity index (χ1v) is 7.03. The molecule has 1 aromatic heterocycles. The molecular formula is C15H20N4O2. The van der Waals surface area contributed by atoms with E-state index in [1.807, 2.05) is 13.8 Å². The first kappa shape index (κ1) is 15.2. The Kier molecular flexibility index (Phi) is 4.70. The zero-order valence-corrected chi connectivity index (χ0v) is 12.3. The van der Waals surface area contributed by atoms with Crippen LogP contribution in [0.25, 0.3) is 11.4 Å². The lowest BCUT2D eigenvalue weighted by Crippen LogP contribution is -2.52. The quantitative estimate of drug-likeness (QED) is 0.847. The monoisotopic (exact) mass is 288 g/mol. The maximum absolute atomic E-state index is 12.3. The van der Waals surface area contributed by atoms with Crippen molar-refractivity contribution in [3.05, 3.63) is 36.2 Å². The molecule has 6 nitrogen and oxygen atoms in total. The van der Waals surface area contributed by atoms with Gasteiger partial charge in [0.2, 0.25) is 12.2 Å². The van der Waals surface area contributed by atoms with Crippen LogP contribution >= 0.6 is 0 Å². The van der Waals surface area contributed by atoms with E-state index in [-0.39, 0.29) is 11.4 Å². The number of carbonyl (C=O) groups is 1. The van der Waals surface area contributed by atoms with Gasteiger partial charge in [0, 0.05) is 17.7 Å². The Morgan fingerprint density at radius 3 is 2.43 bits per heavy atom. The molecule has 0 saturated carbocycles. The van der Waals surface area contributed by atoms with Gasteiger partial charge in [0.25, 0.3) is 5.91 Å². The molecule has 2 rings (SSSR count). The number of amides is 1. The van der Waals surface area contributed by atoms with E-state index in [0.29, 0.717) is 17.9 Å². The van der Waals surface area contributed by atoms with Crippen molar-refractivity contribution in [2.24, 2.45) is 5.73 Å². The predicted octanol–water partition coefficient (Wildman–Crippen LogP) is 1.98. The molecule has 1 amide bonds. The number of nitrogens with zero attached hydrogens (tertiary/aromatic N) is 2. The molecule has 3 N–H and O–H groups in total. The summed E-state index contributed by atoms with van der Waals surface area (Å²) in [5.74, 6) is 0.379. The van der Waals surface area contributed by atoms with Gasteiger partial charge in [-0.1, -0.05) is 31.1 Å². The number of aromatic nitrogens is 2. The third kappa shape index (κ3) is 3.28. The summed E-state index contributed by atoms with van der Waals surface area (Å²) >= 11 is 0. The maximum Gasteiger partial charge on any atom is 0.251 e. The Bertz CT molecular complexity index is 566. The summed E-state index contributed by atoms with van der Waals surface area (Å²) in [6, 6.07) is 7.07. The van der Waals surface area contributed by atoms with Crippen LogP contribution in [0.2, 0.25) is 0 Å². The second kappa shape index (κ2) is 6.49. The topological polar surface area (TPSA) is 94.0 Å². The second-order valence-electron chi connectivity index (χ2n) is 4.98. The molecular weight excluding hydrogens is 268 g/mol. The van der Waals surface area contributed by atoms with Crippen molar-refractivity contribution in [3.8, 4) is 11.4 Å². The van der Waals surface area contributed by atoms with E-state index in [9.17, 15) is 4.79 Å². The lowest BCUT2D eigenvalue weighted by molar-refractivity contribution is 0.0895. The predicted molar refractivity (Wildman–Crippen MR) is 79.6 cm³/mol. The standard InChI is InChI=1S/C15H20N4O2/c1-3-15(4-2,9-16)18-14(20)12-7-5-11(6-8-12)13-17-10-21-19-13/h5-8,10H,3-4,9,16H2,1-2H3,(H,18,20). The molecule has 21 heavy (non-hydrogen) atoms. The van der Waals surface area contributed by atoms with Crippen LogP contribution in [0, 0.1) is 0 Å². The fourth-order valence-electron chi connectivity index (χ4n) is 2.15. The molecule has 0 saturated heterocycles. The third-order valence-corrected chi connectivity index (χ3v) is 3.89. The fourth-order valence-corrected chi connectivity index (χ4v) is 2.15. The van der Waals surface area contributed by atoms with Crippen molar-refractivity contribution >= 4 is 5.91 Å². The summed E-state index contributed by atoms with van der Waals surface area (Å²) in [7, 11) is 0. The van der Waals surface area contributed by atoms with Crippen LogP contribution in [0.1, 0.15) is 37.0 Å². The molecule has 0 bridgehead atoms. The van der Waals surface area contributed by atoms with Gasteiger partial charge in [-0.3, -0.25) is 4.79 Å². The first-order chi connectivity index (χ1) is 10.1. The lowest BCUT2D eigenvalue weighted by Gasteiger charge is -2.31. The van der Waals surface area contributed by atoms with Gasteiger partial charge < -0.3 is 15.6 Å². The molecule has 1 heterocycles. The number of carbonyl (C=O) groups excluding carboxylic acids is 1. The van der Waals surface area contributed by atoms with Gasteiger partial charge in [0.05, 0.1) is 5.54 Å². The SMILES string of the molecule is CCC(CC)(CN)NC(=O)c1ccc(-c2ncon2)cc1. The average Bonchev–Trinajstić information content (AvgIpc) is 3.07.